The van der Waals surface area contributed by atoms with Crippen molar-refractivity contribution in [3.8, 4) is 12.1 Å². The van der Waals surface area contributed by atoms with Gasteiger partial charge in [-0.1, -0.05) is 116 Å². The molecule has 0 aliphatic rings. The Morgan fingerprint density at radius 3 is 1.55 bits per heavy atom. The fourth-order valence-corrected chi connectivity index (χ4v) is 4.42. The van der Waals surface area contributed by atoms with Crippen molar-refractivity contribution in [2.45, 2.75) is 119 Å². The summed E-state index contributed by atoms with van der Waals surface area (Å²) in [6.07, 6.45) is 12.5. The summed E-state index contributed by atoms with van der Waals surface area (Å²) in [7, 11) is 0. The van der Waals surface area contributed by atoms with Crippen molar-refractivity contribution >= 4 is 5.91 Å². The molecule has 0 radical (unpaired) electrons. The number of hydrogen-bond donors (Lipinski definition) is 1. The normalized spacial score (nSPS) is 9.73. The second-order valence-electron chi connectivity index (χ2n) is 11.3. The highest BCUT2D eigenvalue weighted by molar-refractivity contribution is 5.92. The summed E-state index contributed by atoms with van der Waals surface area (Å²) in [6.45, 7) is 17.2. The fraction of sp³-hybridized carbons (Fsp3) is 0.487. The number of carbonyl (C=O) groups is 1. The number of amides is 1. The molecular weight excluding hydrogens is 540 g/mol. The average molecular weight is 597 g/mol. The lowest BCUT2D eigenvalue weighted by Gasteiger charge is -2.16. The molecule has 238 valence electrons. The smallest absolute Gasteiger partial charge is 0.270 e. The van der Waals surface area contributed by atoms with Crippen LogP contribution in [0.25, 0.3) is 0 Å². The minimum atomic E-state index is -0.0584. The van der Waals surface area contributed by atoms with E-state index in [-0.39, 0.29) is 11.9 Å². The molecule has 1 N–H and O–H groups in total. The quantitative estimate of drug-likeness (QED) is 0.238. The molecule has 0 spiro atoms. The van der Waals surface area contributed by atoms with Crippen LogP contribution in [-0.2, 0) is 6.42 Å². The number of nitrogens with one attached hydrogen (secondary N) is 1. The summed E-state index contributed by atoms with van der Waals surface area (Å²) in [6, 6.07) is 23.3. The molecule has 0 fully saturated rings. The molecule has 44 heavy (non-hydrogen) atoms. The van der Waals surface area contributed by atoms with E-state index in [9.17, 15) is 4.79 Å². The number of nitrogens with zero attached hydrogens (tertiary/aromatic N) is 3. The van der Waals surface area contributed by atoms with E-state index in [1.807, 2.05) is 68.4 Å². The molecular formula is C39H56N4O. The Hall–Kier alpha value is -3.96. The lowest BCUT2D eigenvalue weighted by molar-refractivity contribution is 0.0927. The topological polar surface area (TPSA) is 89.6 Å². The number of aromatic nitrogens is 1. The van der Waals surface area contributed by atoms with E-state index in [1.165, 1.54) is 36.8 Å². The zero-order chi connectivity index (χ0) is 33.2. The predicted molar refractivity (Wildman–Crippen MR) is 185 cm³/mol. The van der Waals surface area contributed by atoms with Crippen LogP contribution in [0.1, 0.15) is 131 Å². The Kier molecular flexibility index (Phi) is 23.2. The van der Waals surface area contributed by atoms with Gasteiger partial charge < -0.3 is 5.32 Å². The van der Waals surface area contributed by atoms with Gasteiger partial charge in [-0.25, -0.2) is 0 Å². The Bertz CT molecular complexity index is 1210. The Labute approximate surface area is 268 Å². The van der Waals surface area contributed by atoms with E-state index in [4.69, 9.17) is 10.5 Å². The molecule has 3 rings (SSSR count). The van der Waals surface area contributed by atoms with Crippen LogP contribution in [0, 0.1) is 42.4 Å². The van der Waals surface area contributed by atoms with Gasteiger partial charge in [-0.2, -0.15) is 10.5 Å². The summed E-state index contributed by atoms with van der Waals surface area (Å²) in [5, 5.41) is 19.9. The van der Waals surface area contributed by atoms with Crippen LogP contribution in [0.5, 0.6) is 0 Å². The number of hydrogen-bond acceptors (Lipinski definition) is 4. The van der Waals surface area contributed by atoms with Crippen LogP contribution >= 0.6 is 0 Å². The molecule has 0 unspecified atom stereocenters. The van der Waals surface area contributed by atoms with Crippen LogP contribution in [0.2, 0.25) is 0 Å². The first-order valence-electron chi connectivity index (χ1n) is 16.4. The van der Waals surface area contributed by atoms with Crippen molar-refractivity contribution in [2.24, 2.45) is 5.92 Å². The standard InChI is InChI=1S/C14H22N2O.C9H9N.C8H7N.C8H18/c1-4-6-12(7-5-2)16-14(17)13-9-8-11(3)10-15-13;1-2-8-3-5-9(7-10)6-4-8;1-7-2-4-8(6-9)5-3-7;1-4-6-8(3)7-5-2/h8-10,12H,4-7H2,1-3H3,(H,16,17);3-6H,2H2,1H3;2-5H,1H3;8H,4-7H2,1-3H3. The van der Waals surface area contributed by atoms with Gasteiger partial charge in [0.05, 0.1) is 23.3 Å². The zero-order valence-electron chi connectivity index (χ0n) is 28.6. The SMILES string of the molecule is CCCC(C)CCC.CCCC(CCC)NC(=O)c1ccc(C)cn1.CCc1ccc(C#N)cc1.Cc1ccc(C#N)cc1. The van der Waals surface area contributed by atoms with Gasteiger partial charge in [-0.05, 0) is 80.5 Å². The molecule has 0 bridgehead atoms. The van der Waals surface area contributed by atoms with Gasteiger partial charge >= 0.3 is 0 Å². The van der Waals surface area contributed by atoms with Gasteiger partial charge in [0.1, 0.15) is 5.69 Å². The van der Waals surface area contributed by atoms with Gasteiger partial charge in [0.15, 0.2) is 0 Å². The van der Waals surface area contributed by atoms with Gasteiger partial charge in [-0.3, -0.25) is 9.78 Å². The monoisotopic (exact) mass is 596 g/mol. The van der Waals surface area contributed by atoms with Gasteiger partial charge in [0, 0.05) is 12.2 Å². The average Bonchev–Trinajstić information content (AvgIpc) is 3.03. The van der Waals surface area contributed by atoms with E-state index in [0.717, 1.165) is 54.7 Å². The lowest BCUT2D eigenvalue weighted by Crippen LogP contribution is -2.35. The molecule has 0 atom stereocenters. The summed E-state index contributed by atoms with van der Waals surface area (Å²) >= 11 is 0. The maximum absolute atomic E-state index is 11.9. The third-order valence-electron chi connectivity index (χ3n) is 6.99. The molecule has 0 aliphatic heterocycles. The van der Waals surface area contributed by atoms with Crippen LogP contribution in [0.15, 0.2) is 66.9 Å². The Balaban J connectivity index is 0.000000591. The molecule has 0 aliphatic carbocycles. The number of nitriles is 2. The number of pyridine rings is 1. The molecule has 3 aromatic rings. The summed E-state index contributed by atoms with van der Waals surface area (Å²) in [5.74, 6) is 0.905. The minimum Gasteiger partial charge on any atom is -0.348 e. The molecule has 2 aromatic carbocycles. The van der Waals surface area contributed by atoms with Crippen molar-refractivity contribution in [1.82, 2.24) is 10.3 Å². The largest absolute Gasteiger partial charge is 0.348 e. The summed E-state index contributed by atoms with van der Waals surface area (Å²) < 4.78 is 0. The third-order valence-corrected chi connectivity index (χ3v) is 6.99. The molecule has 1 amide bonds. The first-order valence-corrected chi connectivity index (χ1v) is 16.4. The summed E-state index contributed by atoms with van der Waals surface area (Å²) in [4.78, 5) is 16.1. The number of benzene rings is 2. The van der Waals surface area contributed by atoms with Crippen molar-refractivity contribution in [1.29, 1.82) is 10.5 Å². The van der Waals surface area contributed by atoms with Crippen LogP contribution in [0.4, 0.5) is 0 Å². The Morgan fingerprint density at radius 1 is 0.705 bits per heavy atom. The van der Waals surface area contributed by atoms with Crippen molar-refractivity contribution in [2.75, 3.05) is 0 Å². The second-order valence-corrected chi connectivity index (χ2v) is 11.3. The summed E-state index contributed by atoms with van der Waals surface area (Å²) in [5.41, 5.74) is 5.50. The van der Waals surface area contributed by atoms with Crippen molar-refractivity contribution in [3.05, 3.63) is 100 Å². The van der Waals surface area contributed by atoms with Gasteiger partial charge in [0.25, 0.3) is 5.91 Å². The molecule has 5 nitrogen and oxygen atoms in total. The van der Waals surface area contributed by atoms with E-state index >= 15 is 0 Å². The van der Waals surface area contributed by atoms with E-state index in [1.54, 1.807) is 12.3 Å². The number of rotatable bonds is 11. The highest BCUT2D eigenvalue weighted by Gasteiger charge is 2.13. The second kappa shape index (κ2) is 25.5. The fourth-order valence-electron chi connectivity index (χ4n) is 4.42. The van der Waals surface area contributed by atoms with E-state index in [2.05, 4.69) is 64.0 Å². The van der Waals surface area contributed by atoms with Crippen LogP contribution < -0.4 is 5.32 Å². The first-order chi connectivity index (χ1) is 21.2. The van der Waals surface area contributed by atoms with Gasteiger partial charge in [-0.15, -0.1) is 0 Å². The molecule has 5 heteroatoms. The maximum Gasteiger partial charge on any atom is 0.270 e. The zero-order valence-corrected chi connectivity index (χ0v) is 28.6. The lowest BCUT2D eigenvalue weighted by atomic mass is 10.0. The molecule has 0 saturated carbocycles. The number of carbonyl (C=O) groups excluding carboxylic acids is 1. The highest BCUT2D eigenvalue weighted by Crippen LogP contribution is 2.11. The third kappa shape index (κ3) is 19.3. The van der Waals surface area contributed by atoms with Crippen LogP contribution in [0.3, 0.4) is 0 Å². The highest BCUT2D eigenvalue weighted by atomic mass is 16.1. The van der Waals surface area contributed by atoms with E-state index < -0.39 is 0 Å². The maximum atomic E-state index is 11.9. The van der Waals surface area contributed by atoms with Gasteiger partial charge in [0.2, 0.25) is 0 Å². The Morgan fingerprint density at radius 2 is 1.16 bits per heavy atom. The first kappa shape index (κ1) is 40.0. The van der Waals surface area contributed by atoms with Crippen molar-refractivity contribution in [3.63, 3.8) is 0 Å². The molecule has 1 aromatic heterocycles. The number of aryl methyl sites for hydroxylation is 3. The van der Waals surface area contributed by atoms with E-state index in [0.29, 0.717) is 5.69 Å². The predicted octanol–water partition coefficient (Wildman–Crippen LogP) is 10.3. The molecule has 0 saturated heterocycles. The van der Waals surface area contributed by atoms with Crippen LogP contribution in [-0.4, -0.2) is 16.9 Å². The van der Waals surface area contributed by atoms with Crippen molar-refractivity contribution < 1.29 is 4.79 Å². The molecule has 1 heterocycles. The minimum absolute atomic E-state index is 0.0584.